The van der Waals surface area contributed by atoms with Crippen molar-refractivity contribution < 1.29 is 19.7 Å². The molecular formula is C18H18O4. The van der Waals surface area contributed by atoms with E-state index in [1.54, 1.807) is 43.3 Å². The van der Waals surface area contributed by atoms with Crippen molar-refractivity contribution in [3.05, 3.63) is 53.6 Å². The zero-order valence-electron chi connectivity index (χ0n) is 12.4. The third kappa shape index (κ3) is 2.47. The van der Waals surface area contributed by atoms with E-state index in [1.807, 2.05) is 13.0 Å². The van der Waals surface area contributed by atoms with E-state index in [9.17, 15) is 15.3 Å². The minimum Gasteiger partial charge on any atom is -0.508 e. The number of furan rings is 1. The number of benzene rings is 2. The molecule has 22 heavy (non-hydrogen) atoms. The van der Waals surface area contributed by atoms with E-state index in [4.69, 9.17) is 4.42 Å². The maximum absolute atomic E-state index is 9.99. The first kappa shape index (κ1) is 14.6. The van der Waals surface area contributed by atoms with Gasteiger partial charge in [-0.1, -0.05) is 6.07 Å². The standard InChI is InChI=1S/C18H18O4/c1-10-15-9-13(17(21)11(2)19)5-8-16(15)22-18(10)12-3-6-14(20)7-4-12/h3-9,11,17,19-21H,1-2H3/t11-,17-/m0/s1. The van der Waals surface area contributed by atoms with Gasteiger partial charge in [-0.3, -0.25) is 0 Å². The molecule has 1 heterocycles. The van der Waals surface area contributed by atoms with Gasteiger partial charge in [-0.25, -0.2) is 0 Å². The lowest BCUT2D eigenvalue weighted by Gasteiger charge is -2.13. The largest absolute Gasteiger partial charge is 0.508 e. The van der Waals surface area contributed by atoms with Crippen LogP contribution in [0.2, 0.25) is 0 Å². The van der Waals surface area contributed by atoms with Crippen LogP contribution in [0.25, 0.3) is 22.3 Å². The van der Waals surface area contributed by atoms with Crippen LogP contribution < -0.4 is 0 Å². The molecule has 0 fully saturated rings. The summed E-state index contributed by atoms with van der Waals surface area (Å²) in [6, 6.07) is 12.2. The highest BCUT2D eigenvalue weighted by Crippen LogP contribution is 2.35. The van der Waals surface area contributed by atoms with Crippen molar-refractivity contribution >= 4 is 11.0 Å². The lowest BCUT2D eigenvalue weighted by atomic mass is 10.0. The molecule has 1 aromatic heterocycles. The van der Waals surface area contributed by atoms with Crippen LogP contribution in [-0.4, -0.2) is 21.4 Å². The van der Waals surface area contributed by atoms with Gasteiger partial charge in [0, 0.05) is 16.5 Å². The van der Waals surface area contributed by atoms with E-state index in [-0.39, 0.29) is 5.75 Å². The van der Waals surface area contributed by atoms with Crippen LogP contribution in [0.4, 0.5) is 0 Å². The smallest absolute Gasteiger partial charge is 0.138 e. The minimum atomic E-state index is -0.921. The summed E-state index contributed by atoms with van der Waals surface area (Å²) in [6.07, 6.45) is -1.75. The number of aromatic hydroxyl groups is 1. The zero-order valence-corrected chi connectivity index (χ0v) is 12.4. The van der Waals surface area contributed by atoms with E-state index < -0.39 is 12.2 Å². The highest BCUT2D eigenvalue weighted by Gasteiger charge is 2.17. The fourth-order valence-electron chi connectivity index (χ4n) is 2.59. The zero-order chi connectivity index (χ0) is 15.9. The predicted octanol–water partition coefficient (Wildman–Crippen LogP) is 3.53. The van der Waals surface area contributed by atoms with Gasteiger partial charge in [0.15, 0.2) is 0 Å². The Morgan fingerprint density at radius 3 is 2.32 bits per heavy atom. The molecule has 2 aromatic carbocycles. The molecule has 0 radical (unpaired) electrons. The Labute approximate surface area is 128 Å². The van der Waals surface area contributed by atoms with Crippen LogP contribution >= 0.6 is 0 Å². The van der Waals surface area contributed by atoms with Crippen molar-refractivity contribution in [1.82, 2.24) is 0 Å². The number of hydrogen-bond donors (Lipinski definition) is 3. The van der Waals surface area contributed by atoms with Crippen LogP contribution in [0.3, 0.4) is 0 Å². The van der Waals surface area contributed by atoms with Crippen molar-refractivity contribution in [1.29, 1.82) is 0 Å². The summed E-state index contributed by atoms with van der Waals surface area (Å²) in [4.78, 5) is 0. The van der Waals surface area contributed by atoms with Crippen molar-refractivity contribution in [2.75, 3.05) is 0 Å². The highest BCUT2D eigenvalue weighted by molar-refractivity contribution is 5.88. The molecule has 3 N–H and O–H groups in total. The van der Waals surface area contributed by atoms with E-state index >= 15 is 0 Å². The summed E-state index contributed by atoms with van der Waals surface area (Å²) in [6.45, 7) is 3.51. The van der Waals surface area contributed by atoms with Gasteiger partial charge in [0.25, 0.3) is 0 Å². The fraction of sp³-hybridized carbons (Fsp3) is 0.222. The monoisotopic (exact) mass is 298 g/mol. The molecule has 0 aliphatic rings. The third-order valence-electron chi connectivity index (χ3n) is 3.89. The molecule has 4 heteroatoms. The second kappa shape index (κ2) is 5.48. The highest BCUT2D eigenvalue weighted by atomic mass is 16.3. The number of phenols is 1. The van der Waals surface area contributed by atoms with Gasteiger partial charge in [-0.2, -0.15) is 0 Å². The number of aliphatic hydroxyl groups excluding tert-OH is 2. The predicted molar refractivity (Wildman–Crippen MR) is 84.7 cm³/mol. The Morgan fingerprint density at radius 2 is 1.68 bits per heavy atom. The molecule has 0 saturated carbocycles. The number of rotatable bonds is 3. The Bertz CT molecular complexity index is 800. The Morgan fingerprint density at radius 1 is 1.00 bits per heavy atom. The SMILES string of the molecule is Cc1c(-c2ccc(O)cc2)oc2ccc([C@@H](O)[C@H](C)O)cc12. The molecule has 4 nitrogen and oxygen atoms in total. The molecular weight excluding hydrogens is 280 g/mol. The second-order valence-electron chi connectivity index (χ2n) is 5.54. The minimum absolute atomic E-state index is 0.208. The molecule has 114 valence electrons. The summed E-state index contributed by atoms with van der Waals surface area (Å²) in [5, 5.41) is 29.8. The van der Waals surface area contributed by atoms with Crippen LogP contribution in [0.5, 0.6) is 5.75 Å². The molecule has 0 spiro atoms. The van der Waals surface area contributed by atoms with Gasteiger partial charge in [0.1, 0.15) is 23.2 Å². The molecule has 0 bridgehead atoms. The third-order valence-corrected chi connectivity index (χ3v) is 3.89. The van der Waals surface area contributed by atoms with Gasteiger partial charge in [-0.15, -0.1) is 0 Å². The number of aryl methyl sites for hydroxylation is 1. The number of aliphatic hydroxyl groups is 2. The van der Waals surface area contributed by atoms with Crippen LogP contribution in [0.15, 0.2) is 46.9 Å². The Balaban J connectivity index is 2.11. The maximum atomic E-state index is 9.99. The summed E-state index contributed by atoms with van der Waals surface area (Å²) in [5.74, 6) is 0.943. The molecule has 0 amide bonds. The second-order valence-corrected chi connectivity index (χ2v) is 5.54. The first-order valence-corrected chi connectivity index (χ1v) is 7.16. The lowest BCUT2D eigenvalue weighted by molar-refractivity contribution is 0.0306. The normalized spacial score (nSPS) is 14.2. The first-order valence-electron chi connectivity index (χ1n) is 7.16. The molecule has 2 atom stereocenters. The Kier molecular flexibility index (Phi) is 3.64. The summed E-state index contributed by atoms with van der Waals surface area (Å²) in [5.41, 5.74) is 3.22. The topological polar surface area (TPSA) is 73.8 Å². The molecule has 3 aromatic rings. The average Bonchev–Trinajstić information content (AvgIpc) is 2.84. The van der Waals surface area contributed by atoms with Crippen LogP contribution in [0.1, 0.15) is 24.2 Å². The number of fused-ring (bicyclic) bond motifs is 1. The van der Waals surface area contributed by atoms with Crippen molar-refractivity contribution in [3.63, 3.8) is 0 Å². The summed E-state index contributed by atoms with van der Waals surface area (Å²) >= 11 is 0. The quantitative estimate of drug-likeness (QED) is 0.691. The van der Waals surface area contributed by atoms with E-state index in [0.717, 1.165) is 27.9 Å². The summed E-state index contributed by atoms with van der Waals surface area (Å²) in [7, 11) is 0. The van der Waals surface area contributed by atoms with Gasteiger partial charge in [0.05, 0.1) is 6.10 Å². The molecule has 0 aliphatic carbocycles. The molecule has 3 rings (SSSR count). The van der Waals surface area contributed by atoms with Crippen LogP contribution in [-0.2, 0) is 0 Å². The first-order chi connectivity index (χ1) is 10.5. The summed E-state index contributed by atoms with van der Waals surface area (Å²) < 4.78 is 5.89. The molecule has 0 unspecified atom stereocenters. The fourth-order valence-corrected chi connectivity index (χ4v) is 2.59. The van der Waals surface area contributed by atoms with E-state index in [2.05, 4.69) is 0 Å². The van der Waals surface area contributed by atoms with E-state index in [1.165, 1.54) is 0 Å². The van der Waals surface area contributed by atoms with Gasteiger partial charge >= 0.3 is 0 Å². The average molecular weight is 298 g/mol. The molecule has 0 saturated heterocycles. The van der Waals surface area contributed by atoms with Crippen LogP contribution in [0, 0.1) is 6.92 Å². The maximum Gasteiger partial charge on any atom is 0.138 e. The van der Waals surface area contributed by atoms with E-state index in [0.29, 0.717) is 5.56 Å². The van der Waals surface area contributed by atoms with Gasteiger partial charge < -0.3 is 19.7 Å². The van der Waals surface area contributed by atoms with Gasteiger partial charge in [0.2, 0.25) is 0 Å². The van der Waals surface area contributed by atoms with Gasteiger partial charge in [-0.05, 0) is 55.8 Å². The lowest BCUT2D eigenvalue weighted by Crippen LogP contribution is -2.13. The van der Waals surface area contributed by atoms with Crippen molar-refractivity contribution in [3.8, 4) is 17.1 Å². The number of hydrogen-bond acceptors (Lipinski definition) is 4. The molecule has 0 aliphatic heterocycles. The number of phenolic OH excluding ortho intramolecular Hbond substituents is 1. The Hall–Kier alpha value is -2.30. The van der Waals surface area contributed by atoms with Crippen molar-refractivity contribution in [2.24, 2.45) is 0 Å². The van der Waals surface area contributed by atoms with Crippen molar-refractivity contribution in [2.45, 2.75) is 26.1 Å².